The first-order valence-electron chi connectivity index (χ1n) is 6.35. The van der Waals surface area contributed by atoms with Gasteiger partial charge in [0.05, 0.1) is 0 Å². The van der Waals surface area contributed by atoms with Gasteiger partial charge in [0.15, 0.2) is 11.5 Å². The summed E-state index contributed by atoms with van der Waals surface area (Å²) in [7, 11) is 2.11. The Labute approximate surface area is 108 Å². The van der Waals surface area contributed by atoms with Gasteiger partial charge in [0.25, 0.3) is 0 Å². The van der Waals surface area contributed by atoms with Crippen molar-refractivity contribution >= 4 is 11.1 Å². The van der Waals surface area contributed by atoms with Gasteiger partial charge in [-0.25, -0.2) is 4.98 Å². The van der Waals surface area contributed by atoms with Crippen molar-refractivity contribution in [2.24, 2.45) is 5.73 Å². The second kappa shape index (κ2) is 5.50. The van der Waals surface area contributed by atoms with Crippen molar-refractivity contribution in [2.45, 2.75) is 32.9 Å². The summed E-state index contributed by atoms with van der Waals surface area (Å²) < 4.78 is 5.54. The van der Waals surface area contributed by atoms with E-state index in [0.717, 1.165) is 30.6 Å². The van der Waals surface area contributed by atoms with E-state index in [0.29, 0.717) is 5.89 Å². The average molecular weight is 247 g/mol. The second-order valence-corrected chi connectivity index (χ2v) is 5.04. The molecule has 0 amide bonds. The molecule has 1 aromatic carbocycles. The SMILES string of the molecule is Cc1nc2ccc(CN(C)CCC(C)N)cc2o1. The second-order valence-electron chi connectivity index (χ2n) is 5.04. The van der Waals surface area contributed by atoms with Crippen molar-refractivity contribution in [1.82, 2.24) is 9.88 Å². The summed E-state index contributed by atoms with van der Waals surface area (Å²) in [6.07, 6.45) is 1.01. The average Bonchev–Trinajstić information content (AvgIpc) is 2.66. The normalized spacial score (nSPS) is 13.4. The Morgan fingerprint density at radius 3 is 2.94 bits per heavy atom. The third-order valence-corrected chi connectivity index (χ3v) is 2.98. The molecule has 0 fully saturated rings. The highest BCUT2D eigenvalue weighted by Crippen LogP contribution is 2.17. The molecule has 0 saturated heterocycles. The lowest BCUT2D eigenvalue weighted by molar-refractivity contribution is 0.313. The van der Waals surface area contributed by atoms with Gasteiger partial charge < -0.3 is 15.1 Å². The fraction of sp³-hybridized carbons (Fsp3) is 0.500. The third-order valence-electron chi connectivity index (χ3n) is 2.98. The van der Waals surface area contributed by atoms with Crippen molar-refractivity contribution in [1.29, 1.82) is 0 Å². The van der Waals surface area contributed by atoms with Crippen molar-refractivity contribution in [3.05, 3.63) is 29.7 Å². The highest BCUT2D eigenvalue weighted by molar-refractivity contribution is 5.73. The van der Waals surface area contributed by atoms with Gasteiger partial charge in [0.1, 0.15) is 5.52 Å². The number of nitrogens with two attached hydrogens (primary N) is 1. The number of rotatable bonds is 5. The van der Waals surface area contributed by atoms with Crippen LogP contribution in [-0.4, -0.2) is 29.5 Å². The fourth-order valence-electron chi connectivity index (χ4n) is 2.00. The molecule has 0 aliphatic heterocycles. The van der Waals surface area contributed by atoms with Gasteiger partial charge in [0.2, 0.25) is 0 Å². The Balaban J connectivity index is 2.02. The minimum Gasteiger partial charge on any atom is -0.441 e. The van der Waals surface area contributed by atoms with Crippen LogP contribution in [0.3, 0.4) is 0 Å². The summed E-state index contributed by atoms with van der Waals surface area (Å²) in [6, 6.07) is 6.44. The number of hydrogen-bond donors (Lipinski definition) is 1. The summed E-state index contributed by atoms with van der Waals surface area (Å²) in [4.78, 5) is 6.57. The van der Waals surface area contributed by atoms with Gasteiger partial charge in [0, 0.05) is 19.5 Å². The van der Waals surface area contributed by atoms with E-state index in [4.69, 9.17) is 10.2 Å². The molecule has 2 N–H and O–H groups in total. The lowest BCUT2D eigenvalue weighted by Crippen LogP contribution is -2.25. The molecular weight excluding hydrogens is 226 g/mol. The summed E-state index contributed by atoms with van der Waals surface area (Å²) in [5.41, 5.74) is 8.79. The Morgan fingerprint density at radius 2 is 2.22 bits per heavy atom. The zero-order valence-electron chi connectivity index (χ0n) is 11.3. The molecule has 1 unspecified atom stereocenters. The van der Waals surface area contributed by atoms with Crippen LogP contribution in [0, 0.1) is 6.92 Å². The van der Waals surface area contributed by atoms with E-state index < -0.39 is 0 Å². The number of aryl methyl sites for hydroxylation is 1. The predicted octanol–water partition coefficient (Wildman–Crippen LogP) is 2.31. The molecule has 0 aliphatic rings. The molecule has 0 saturated carbocycles. The fourth-order valence-corrected chi connectivity index (χ4v) is 2.00. The van der Waals surface area contributed by atoms with Crippen LogP contribution in [0.2, 0.25) is 0 Å². The number of aromatic nitrogens is 1. The minimum absolute atomic E-state index is 0.256. The van der Waals surface area contributed by atoms with Crippen LogP contribution < -0.4 is 5.73 Å². The molecular formula is C14H21N3O. The molecule has 98 valence electrons. The smallest absolute Gasteiger partial charge is 0.192 e. The Bertz CT molecular complexity index is 519. The first kappa shape index (κ1) is 13.1. The van der Waals surface area contributed by atoms with E-state index in [-0.39, 0.29) is 6.04 Å². The van der Waals surface area contributed by atoms with Gasteiger partial charge in [-0.05, 0) is 44.6 Å². The Morgan fingerprint density at radius 1 is 1.44 bits per heavy atom. The number of fused-ring (bicyclic) bond motifs is 1. The van der Waals surface area contributed by atoms with E-state index in [2.05, 4.69) is 29.1 Å². The van der Waals surface area contributed by atoms with E-state index in [1.165, 1.54) is 5.56 Å². The molecule has 0 bridgehead atoms. The monoisotopic (exact) mass is 247 g/mol. The van der Waals surface area contributed by atoms with Crippen LogP contribution in [0.1, 0.15) is 24.8 Å². The van der Waals surface area contributed by atoms with Crippen molar-refractivity contribution in [3.8, 4) is 0 Å². The number of hydrogen-bond acceptors (Lipinski definition) is 4. The van der Waals surface area contributed by atoms with Crippen LogP contribution in [0.4, 0.5) is 0 Å². The molecule has 2 rings (SSSR count). The van der Waals surface area contributed by atoms with Gasteiger partial charge in [-0.15, -0.1) is 0 Å². The maximum Gasteiger partial charge on any atom is 0.192 e. The largest absolute Gasteiger partial charge is 0.441 e. The van der Waals surface area contributed by atoms with E-state index in [9.17, 15) is 0 Å². The zero-order valence-corrected chi connectivity index (χ0v) is 11.3. The molecule has 1 heterocycles. The number of benzene rings is 1. The topological polar surface area (TPSA) is 55.3 Å². The number of oxazole rings is 1. The van der Waals surface area contributed by atoms with Crippen LogP contribution in [0.15, 0.2) is 22.6 Å². The summed E-state index contributed by atoms with van der Waals surface area (Å²) in [5, 5.41) is 0. The first-order valence-corrected chi connectivity index (χ1v) is 6.35. The molecule has 1 aromatic heterocycles. The first-order chi connectivity index (χ1) is 8.54. The van der Waals surface area contributed by atoms with E-state index in [1.54, 1.807) is 0 Å². The van der Waals surface area contributed by atoms with Crippen LogP contribution >= 0.6 is 0 Å². The summed E-state index contributed by atoms with van der Waals surface area (Å²) in [6.45, 7) is 5.82. The highest BCUT2D eigenvalue weighted by Gasteiger charge is 2.06. The molecule has 0 radical (unpaired) electrons. The van der Waals surface area contributed by atoms with Crippen molar-refractivity contribution in [3.63, 3.8) is 0 Å². The predicted molar refractivity (Wildman–Crippen MR) is 73.3 cm³/mol. The van der Waals surface area contributed by atoms with Gasteiger partial charge >= 0.3 is 0 Å². The van der Waals surface area contributed by atoms with Crippen LogP contribution in [0.5, 0.6) is 0 Å². The molecule has 0 aliphatic carbocycles. The molecule has 0 spiro atoms. The van der Waals surface area contributed by atoms with Crippen LogP contribution in [-0.2, 0) is 6.54 Å². The summed E-state index contributed by atoms with van der Waals surface area (Å²) in [5.74, 6) is 0.715. The zero-order chi connectivity index (χ0) is 13.1. The maximum absolute atomic E-state index is 5.76. The highest BCUT2D eigenvalue weighted by atomic mass is 16.3. The van der Waals surface area contributed by atoms with Gasteiger partial charge in [-0.1, -0.05) is 6.07 Å². The van der Waals surface area contributed by atoms with Crippen molar-refractivity contribution < 1.29 is 4.42 Å². The molecule has 4 heteroatoms. The summed E-state index contributed by atoms with van der Waals surface area (Å²) >= 11 is 0. The van der Waals surface area contributed by atoms with E-state index in [1.807, 2.05) is 19.9 Å². The van der Waals surface area contributed by atoms with Crippen LogP contribution in [0.25, 0.3) is 11.1 Å². The molecule has 4 nitrogen and oxygen atoms in total. The molecule has 2 aromatic rings. The van der Waals surface area contributed by atoms with Gasteiger partial charge in [-0.3, -0.25) is 0 Å². The molecule has 1 atom stereocenters. The maximum atomic E-state index is 5.76. The number of nitrogens with zero attached hydrogens (tertiary/aromatic N) is 2. The van der Waals surface area contributed by atoms with Gasteiger partial charge in [-0.2, -0.15) is 0 Å². The lowest BCUT2D eigenvalue weighted by atomic mass is 10.2. The Hall–Kier alpha value is -1.39. The van der Waals surface area contributed by atoms with Crippen molar-refractivity contribution in [2.75, 3.05) is 13.6 Å². The quantitative estimate of drug-likeness (QED) is 0.881. The minimum atomic E-state index is 0.256. The third kappa shape index (κ3) is 3.31. The Kier molecular flexibility index (Phi) is 3.99. The molecule has 18 heavy (non-hydrogen) atoms. The van der Waals surface area contributed by atoms with E-state index >= 15 is 0 Å². The lowest BCUT2D eigenvalue weighted by Gasteiger charge is -2.17. The standard InChI is InChI=1S/C14H21N3O/c1-10(15)6-7-17(3)9-12-4-5-13-14(8-12)18-11(2)16-13/h4-5,8,10H,6-7,9,15H2,1-3H3.